The predicted octanol–water partition coefficient (Wildman–Crippen LogP) is 4.02. The minimum Gasteiger partial charge on any atom is -0.493 e. The summed E-state index contributed by atoms with van der Waals surface area (Å²) in [5.41, 5.74) is 1.23. The summed E-state index contributed by atoms with van der Waals surface area (Å²) < 4.78 is 16.9. The fourth-order valence-electron chi connectivity index (χ4n) is 3.50. The van der Waals surface area contributed by atoms with Crippen LogP contribution in [0.1, 0.15) is 35.1 Å². The Hall–Kier alpha value is -1.72. The lowest BCUT2D eigenvalue weighted by Gasteiger charge is -2.30. The molecule has 0 spiro atoms. The molecule has 0 saturated heterocycles. The van der Waals surface area contributed by atoms with Gasteiger partial charge in [0.1, 0.15) is 0 Å². The van der Waals surface area contributed by atoms with E-state index in [1.165, 1.54) is 10.4 Å². The molecule has 2 aromatic rings. The van der Waals surface area contributed by atoms with Gasteiger partial charge in [0.2, 0.25) is 5.75 Å². The van der Waals surface area contributed by atoms with Crippen LogP contribution in [-0.2, 0) is 0 Å². The second-order valence-corrected chi connectivity index (χ2v) is 7.04. The first-order chi connectivity index (χ1) is 11.8. The molecule has 0 radical (unpaired) electrons. The van der Waals surface area contributed by atoms with Crippen LogP contribution in [0.25, 0.3) is 0 Å². The number of likely N-dealkylation sites (N-methyl/N-ethyl adjacent to an activating group) is 1. The molecule has 4 nitrogen and oxygen atoms in total. The van der Waals surface area contributed by atoms with Crippen LogP contribution in [0, 0.1) is 0 Å². The van der Waals surface area contributed by atoms with Gasteiger partial charge < -0.3 is 19.5 Å². The Kier molecular flexibility index (Phi) is 5.63. The molecule has 2 atom stereocenters. The molecule has 0 aliphatic carbocycles. The van der Waals surface area contributed by atoms with Gasteiger partial charge in [-0.05, 0) is 43.3 Å². The summed E-state index contributed by atoms with van der Waals surface area (Å²) in [4.78, 5) is 1.44. The van der Waals surface area contributed by atoms with E-state index < -0.39 is 0 Å². The quantitative estimate of drug-likeness (QED) is 0.821. The number of ether oxygens (including phenoxy) is 3. The molecule has 0 saturated carbocycles. The van der Waals surface area contributed by atoms with Crippen LogP contribution in [-0.4, -0.2) is 34.4 Å². The molecule has 1 N–H and O–H groups in total. The van der Waals surface area contributed by atoms with Crippen molar-refractivity contribution < 1.29 is 14.2 Å². The van der Waals surface area contributed by atoms with Gasteiger partial charge in [-0.15, -0.1) is 11.3 Å². The van der Waals surface area contributed by atoms with Gasteiger partial charge in [-0.2, -0.15) is 0 Å². The summed E-state index contributed by atoms with van der Waals surface area (Å²) in [7, 11) is 5.34. The first-order valence-electron chi connectivity index (χ1n) is 8.34. The third-order valence-electron chi connectivity index (χ3n) is 4.65. The van der Waals surface area contributed by atoms with E-state index in [1.807, 2.05) is 24.5 Å². The lowest BCUT2D eigenvalue weighted by Crippen LogP contribution is -2.22. The minimum atomic E-state index is 0.467. The van der Waals surface area contributed by atoms with Gasteiger partial charge in [-0.1, -0.05) is 12.1 Å². The van der Waals surface area contributed by atoms with Gasteiger partial charge in [-0.25, -0.2) is 0 Å². The zero-order valence-electron chi connectivity index (χ0n) is 14.5. The predicted molar refractivity (Wildman–Crippen MR) is 98.0 cm³/mol. The van der Waals surface area contributed by atoms with Crippen molar-refractivity contribution in [3.05, 3.63) is 40.1 Å². The summed E-state index contributed by atoms with van der Waals surface area (Å²) in [6.07, 6.45) is 2.14. The van der Waals surface area contributed by atoms with Crippen molar-refractivity contribution in [1.82, 2.24) is 5.32 Å². The Morgan fingerprint density at radius 2 is 2.17 bits per heavy atom. The fraction of sp³-hybridized carbons (Fsp3) is 0.474. The van der Waals surface area contributed by atoms with E-state index in [0.29, 0.717) is 17.6 Å². The number of rotatable bonds is 7. The van der Waals surface area contributed by atoms with Gasteiger partial charge in [0.25, 0.3) is 0 Å². The van der Waals surface area contributed by atoms with Crippen LogP contribution >= 0.6 is 11.3 Å². The maximum Gasteiger partial charge on any atom is 0.203 e. The lowest BCUT2D eigenvalue weighted by molar-refractivity contribution is 0.239. The Morgan fingerprint density at radius 1 is 1.29 bits per heavy atom. The van der Waals surface area contributed by atoms with Gasteiger partial charge in [0.05, 0.1) is 20.8 Å². The molecule has 24 heavy (non-hydrogen) atoms. The normalized spacial score (nSPS) is 17.7. The number of nitrogens with one attached hydrogen (secondary N) is 1. The molecule has 1 aliphatic rings. The van der Waals surface area contributed by atoms with Crippen LogP contribution < -0.4 is 19.5 Å². The van der Waals surface area contributed by atoms with Crippen molar-refractivity contribution in [3.8, 4) is 17.2 Å². The molecule has 0 fully saturated rings. The highest BCUT2D eigenvalue weighted by Gasteiger charge is 2.29. The zero-order valence-corrected chi connectivity index (χ0v) is 15.3. The summed E-state index contributed by atoms with van der Waals surface area (Å²) in [6.45, 7) is 1.71. The van der Waals surface area contributed by atoms with Crippen molar-refractivity contribution in [2.75, 3.05) is 34.4 Å². The summed E-state index contributed by atoms with van der Waals surface area (Å²) >= 11 is 1.84. The average molecular weight is 347 g/mol. The van der Waals surface area contributed by atoms with E-state index in [0.717, 1.165) is 37.5 Å². The topological polar surface area (TPSA) is 39.7 Å². The molecule has 2 unspecified atom stereocenters. The molecular formula is C19H25NO3S. The van der Waals surface area contributed by atoms with Crippen molar-refractivity contribution in [1.29, 1.82) is 0 Å². The van der Waals surface area contributed by atoms with Crippen molar-refractivity contribution >= 4 is 11.3 Å². The number of thiophene rings is 1. The molecule has 0 amide bonds. The second-order valence-electron chi connectivity index (χ2n) is 6.06. The fourth-order valence-corrected chi connectivity index (χ4v) is 4.34. The molecule has 0 bridgehead atoms. The van der Waals surface area contributed by atoms with E-state index >= 15 is 0 Å². The second kappa shape index (κ2) is 7.90. The van der Waals surface area contributed by atoms with Crippen LogP contribution in [0.15, 0.2) is 29.6 Å². The van der Waals surface area contributed by atoms with E-state index in [9.17, 15) is 0 Å². The van der Waals surface area contributed by atoms with E-state index in [-0.39, 0.29) is 0 Å². The summed E-state index contributed by atoms with van der Waals surface area (Å²) in [6, 6.07) is 8.49. The highest BCUT2D eigenvalue weighted by Crippen LogP contribution is 2.48. The van der Waals surface area contributed by atoms with Crippen LogP contribution in [0.3, 0.4) is 0 Å². The Balaban J connectivity index is 1.89. The van der Waals surface area contributed by atoms with Crippen LogP contribution in [0.4, 0.5) is 0 Å². The smallest absolute Gasteiger partial charge is 0.203 e. The van der Waals surface area contributed by atoms with Gasteiger partial charge in [-0.3, -0.25) is 0 Å². The standard InChI is InChI=1S/C19H25NO3S/c1-20-12-14(17-5-4-10-24-17)11-13-8-9-23-18-15(13)6-7-16(21-2)19(18)22-3/h4-7,10,13-14,20H,8-9,11-12H2,1-3H3. The van der Waals surface area contributed by atoms with Gasteiger partial charge in [0, 0.05) is 22.9 Å². The molecule has 5 heteroatoms. The van der Waals surface area contributed by atoms with E-state index in [1.54, 1.807) is 14.2 Å². The maximum absolute atomic E-state index is 5.93. The highest BCUT2D eigenvalue weighted by molar-refractivity contribution is 7.10. The highest BCUT2D eigenvalue weighted by atomic mass is 32.1. The van der Waals surface area contributed by atoms with Crippen LogP contribution in [0.2, 0.25) is 0 Å². The van der Waals surface area contributed by atoms with E-state index in [4.69, 9.17) is 14.2 Å². The Morgan fingerprint density at radius 3 is 2.83 bits per heavy atom. The van der Waals surface area contributed by atoms with Crippen molar-refractivity contribution in [2.24, 2.45) is 0 Å². The largest absolute Gasteiger partial charge is 0.493 e. The minimum absolute atomic E-state index is 0.467. The lowest BCUT2D eigenvalue weighted by atomic mass is 9.84. The molecule has 130 valence electrons. The zero-order chi connectivity index (χ0) is 16.9. The molecule has 2 heterocycles. The first-order valence-corrected chi connectivity index (χ1v) is 9.22. The third kappa shape index (κ3) is 3.37. The molecule has 3 rings (SSSR count). The number of fused-ring (bicyclic) bond motifs is 1. The number of hydrogen-bond acceptors (Lipinski definition) is 5. The van der Waals surface area contributed by atoms with Gasteiger partial charge >= 0.3 is 0 Å². The van der Waals surface area contributed by atoms with Gasteiger partial charge in [0.15, 0.2) is 11.5 Å². The average Bonchev–Trinajstić information content (AvgIpc) is 3.15. The summed E-state index contributed by atoms with van der Waals surface area (Å²) in [5.74, 6) is 3.26. The molecule has 1 aromatic carbocycles. The monoisotopic (exact) mass is 347 g/mol. The third-order valence-corrected chi connectivity index (χ3v) is 5.68. The Bertz CT molecular complexity index is 657. The number of benzene rings is 1. The van der Waals surface area contributed by atoms with Crippen molar-refractivity contribution in [2.45, 2.75) is 24.7 Å². The Labute approximate surface area is 147 Å². The van der Waals surface area contributed by atoms with Crippen molar-refractivity contribution in [3.63, 3.8) is 0 Å². The summed E-state index contributed by atoms with van der Waals surface area (Å²) in [5, 5.41) is 5.50. The maximum atomic E-state index is 5.93. The molecule has 1 aromatic heterocycles. The van der Waals surface area contributed by atoms with E-state index in [2.05, 4.69) is 28.9 Å². The number of hydrogen-bond donors (Lipinski definition) is 1. The first kappa shape index (κ1) is 17.1. The number of methoxy groups -OCH3 is 2. The SMILES string of the molecule is CNCC(CC1CCOc2c1ccc(OC)c2OC)c1cccs1. The molecular weight excluding hydrogens is 322 g/mol. The molecule has 1 aliphatic heterocycles. The van der Waals surface area contributed by atoms with Crippen LogP contribution in [0.5, 0.6) is 17.2 Å².